The Balaban J connectivity index is 2.55. The van der Waals surface area contributed by atoms with E-state index in [0.717, 1.165) is 25.7 Å². The first kappa shape index (κ1) is 12.2. The van der Waals surface area contributed by atoms with Crippen molar-refractivity contribution in [3.8, 4) is 0 Å². The molecule has 1 atom stereocenters. The quantitative estimate of drug-likeness (QED) is 0.776. The molecule has 86 valence electrons. The summed E-state index contributed by atoms with van der Waals surface area (Å²) in [6.07, 6.45) is 5.37. The predicted molar refractivity (Wildman–Crippen MR) is 59.5 cm³/mol. The van der Waals surface area contributed by atoms with Crippen LogP contribution in [0.3, 0.4) is 0 Å². The Kier molecular flexibility index (Phi) is 3.89. The zero-order valence-electron chi connectivity index (χ0n) is 9.93. The van der Waals surface area contributed by atoms with Crippen LogP contribution in [0.1, 0.15) is 52.9 Å². The van der Waals surface area contributed by atoms with Crippen LogP contribution in [-0.2, 0) is 9.59 Å². The lowest BCUT2D eigenvalue weighted by Gasteiger charge is -2.32. The Hall–Kier alpha value is -0.860. The van der Waals surface area contributed by atoms with Crippen LogP contribution in [0.25, 0.3) is 0 Å². The Morgan fingerprint density at radius 1 is 1.20 bits per heavy atom. The fourth-order valence-corrected chi connectivity index (χ4v) is 2.03. The Morgan fingerprint density at radius 2 is 1.73 bits per heavy atom. The molecule has 1 unspecified atom stereocenters. The number of carbonyl (C=O) groups is 2. The second kappa shape index (κ2) is 4.77. The normalized spacial score (nSPS) is 21.8. The fourth-order valence-electron chi connectivity index (χ4n) is 2.03. The maximum absolute atomic E-state index is 12.0. The largest absolute Gasteiger partial charge is 0.346 e. The van der Waals surface area contributed by atoms with Crippen molar-refractivity contribution >= 4 is 11.7 Å². The highest BCUT2D eigenvalue weighted by molar-refractivity contribution is 5.89. The van der Waals surface area contributed by atoms with Crippen molar-refractivity contribution in [1.29, 1.82) is 0 Å². The van der Waals surface area contributed by atoms with Crippen LogP contribution in [0.5, 0.6) is 0 Å². The second-order valence-corrected chi connectivity index (χ2v) is 4.93. The van der Waals surface area contributed by atoms with Gasteiger partial charge in [0.1, 0.15) is 0 Å². The van der Waals surface area contributed by atoms with Crippen LogP contribution in [0.2, 0.25) is 0 Å². The molecule has 0 saturated heterocycles. The van der Waals surface area contributed by atoms with Crippen molar-refractivity contribution < 1.29 is 9.59 Å². The molecular formula is C12H21NO2. The molecule has 0 aromatic rings. The van der Waals surface area contributed by atoms with Gasteiger partial charge < -0.3 is 5.32 Å². The highest BCUT2D eigenvalue weighted by Gasteiger charge is 2.35. The summed E-state index contributed by atoms with van der Waals surface area (Å²) in [6, 6.07) is -0.351. The molecule has 3 nitrogen and oxygen atoms in total. The minimum Gasteiger partial charge on any atom is -0.346 e. The molecule has 1 N–H and O–H groups in total. The number of ketones is 1. The van der Waals surface area contributed by atoms with Gasteiger partial charge in [-0.15, -0.1) is 0 Å². The third kappa shape index (κ3) is 3.05. The molecule has 0 bridgehead atoms. The van der Waals surface area contributed by atoms with Gasteiger partial charge in [0, 0.05) is 5.41 Å². The Labute approximate surface area is 91.6 Å². The average Bonchev–Trinajstić information content (AvgIpc) is 2.18. The van der Waals surface area contributed by atoms with Gasteiger partial charge in [-0.1, -0.05) is 26.2 Å². The van der Waals surface area contributed by atoms with E-state index in [1.54, 1.807) is 6.92 Å². The van der Waals surface area contributed by atoms with E-state index in [4.69, 9.17) is 0 Å². The number of rotatable bonds is 3. The summed E-state index contributed by atoms with van der Waals surface area (Å²) < 4.78 is 0. The van der Waals surface area contributed by atoms with E-state index >= 15 is 0 Å². The molecule has 1 rings (SSSR count). The molecule has 1 aliphatic rings. The number of hydrogen-bond acceptors (Lipinski definition) is 2. The van der Waals surface area contributed by atoms with E-state index in [2.05, 4.69) is 5.32 Å². The van der Waals surface area contributed by atoms with E-state index in [9.17, 15) is 9.59 Å². The molecule has 0 radical (unpaired) electrons. The van der Waals surface area contributed by atoms with Crippen molar-refractivity contribution in [3.63, 3.8) is 0 Å². The highest BCUT2D eigenvalue weighted by atomic mass is 16.2. The summed E-state index contributed by atoms with van der Waals surface area (Å²) in [7, 11) is 0. The summed E-state index contributed by atoms with van der Waals surface area (Å²) in [5.74, 6) is 0.0626. The fraction of sp³-hybridized carbons (Fsp3) is 0.833. The topological polar surface area (TPSA) is 46.2 Å². The molecule has 1 fully saturated rings. The number of carbonyl (C=O) groups excluding carboxylic acids is 2. The molecule has 0 aromatic heterocycles. The van der Waals surface area contributed by atoms with Gasteiger partial charge in [0.25, 0.3) is 0 Å². The van der Waals surface area contributed by atoms with Crippen LogP contribution in [0.15, 0.2) is 0 Å². The van der Waals surface area contributed by atoms with Crippen molar-refractivity contribution in [1.82, 2.24) is 5.32 Å². The van der Waals surface area contributed by atoms with Crippen LogP contribution >= 0.6 is 0 Å². The molecule has 0 aliphatic heterocycles. The highest BCUT2D eigenvalue weighted by Crippen LogP contribution is 2.35. The summed E-state index contributed by atoms with van der Waals surface area (Å²) in [4.78, 5) is 23.0. The van der Waals surface area contributed by atoms with Gasteiger partial charge in [-0.3, -0.25) is 9.59 Å². The van der Waals surface area contributed by atoms with Gasteiger partial charge in [-0.05, 0) is 26.7 Å². The molecule has 0 spiro atoms. The van der Waals surface area contributed by atoms with Gasteiger partial charge in [-0.2, -0.15) is 0 Å². The molecule has 0 aromatic carbocycles. The molecular weight excluding hydrogens is 190 g/mol. The summed E-state index contributed by atoms with van der Waals surface area (Å²) in [5, 5.41) is 2.80. The molecule has 1 saturated carbocycles. The molecule has 15 heavy (non-hydrogen) atoms. The lowest BCUT2D eigenvalue weighted by molar-refractivity contribution is -0.134. The van der Waals surface area contributed by atoms with Gasteiger partial charge in [-0.25, -0.2) is 0 Å². The Morgan fingerprint density at radius 3 is 2.20 bits per heavy atom. The number of amides is 1. The average molecular weight is 211 g/mol. The van der Waals surface area contributed by atoms with Gasteiger partial charge in [0.05, 0.1) is 6.04 Å². The summed E-state index contributed by atoms with van der Waals surface area (Å²) in [6.45, 7) is 5.26. The van der Waals surface area contributed by atoms with Crippen LogP contribution < -0.4 is 5.32 Å². The van der Waals surface area contributed by atoms with E-state index in [-0.39, 0.29) is 23.1 Å². The third-order valence-electron chi connectivity index (χ3n) is 3.46. The third-order valence-corrected chi connectivity index (χ3v) is 3.46. The lowest BCUT2D eigenvalue weighted by Crippen LogP contribution is -2.46. The summed E-state index contributed by atoms with van der Waals surface area (Å²) in [5.41, 5.74) is -0.248. The zero-order valence-corrected chi connectivity index (χ0v) is 9.93. The maximum Gasteiger partial charge on any atom is 0.226 e. The summed E-state index contributed by atoms with van der Waals surface area (Å²) >= 11 is 0. The van der Waals surface area contributed by atoms with Gasteiger partial charge in [0.2, 0.25) is 5.91 Å². The van der Waals surface area contributed by atoms with Crippen LogP contribution in [0.4, 0.5) is 0 Å². The van der Waals surface area contributed by atoms with E-state index in [1.165, 1.54) is 13.3 Å². The van der Waals surface area contributed by atoms with E-state index in [1.807, 2.05) is 6.92 Å². The standard InChI is InChI=1S/C12H21NO2/c1-9(10(2)14)13-11(15)12(3)7-5-4-6-8-12/h9H,4-8H2,1-3H3,(H,13,15). The lowest BCUT2D eigenvalue weighted by atomic mass is 9.75. The number of Topliss-reactive ketones (excluding diaryl/α,β-unsaturated/α-hetero) is 1. The maximum atomic E-state index is 12.0. The van der Waals surface area contributed by atoms with Crippen LogP contribution in [0, 0.1) is 5.41 Å². The number of nitrogens with one attached hydrogen (secondary N) is 1. The SMILES string of the molecule is CC(=O)C(C)NC(=O)C1(C)CCCCC1. The van der Waals surface area contributed by atoms with Crippen molar-refractivity contribution in [2.75, 3.05) is 0 Å². The minimum absolute atomic E-state index is 0.0164. The van der Waals surface area contributed by atoms with Crippen molar-refractivity contribution in [2.45, 2.75) is 58.9 Å². The van der Waals surface area contributed by atoms with Gasteiger partial charge >= 0.3 is 0 Å². The second-order valence-electron chi connectivity index (χ2n) is 4.93. The molecule has 1 aliphatic carbocycles. The Bertz CT molecular complexity index is 254. The van der Waals surface area contributed by atoms with Crippen molar-refractivity contribution in [3.05, 3.63) is 0 Å². The minimum atomic E-state index is -0.351. The first-order valence-electron chi connectivity index (χ1n) is 5.77. The monoisotopic (exact) mass is 211 g/mol. The van der Waals surface area contributed by atoms with E-state index in [0.29, 0.717) is 0 Å². The molecule has 0 heterocycles. The molecule has 1 amide bonds. The number of hydrogen-bond donors (Lipinski definition) is 1. The first-order valence-corrected chi connectivity index (χ1v) is 5.77. The van der Waals surface area contributed by atoms with Gasteiger partial charge in [0.15, 0.2) is 5.78 Å². The van der Waals surface area contributed by atoms with E-state index < -0.39 is 0 Å². The van der Waals surface area contributed by atoms with Crippen LogP contribution in [-0.4, -0.2) is 17.7 Å². The zero-order chi connectivity index (χ0) is 11.5. The smallest absolute Gasteiger partial charge is 0.226 e. The molecule has 3 heteroatoms. The predicted octanol–water partition coefficient (Wildman–Crippen LogP) is 2.05. The van der Waals surface area contributed by atoms with Crippen molar-refractivity contribution in [2.24, 2.45) is 5.41 Å². The first-order chi connectivity index (χ1) is 6.96.